The van der Waals surface area contributed by atoms with Crippen molar-refractivity contribution in [2.24, 2.45) is 11.7 Å². The first-order chi connectivity index (χ1) is 5.68. The Morgan fingerprint density at radius 3 is 2.25 bits per heavy atom. The van der Waals surface area contributed by atoms with E-state index in [0.29, 0.717) is 5.92 Å². The van der Waals surface area contributed by atoms with E-state index in [4.69, 9.17) is 18.0 Å². The maximum absolute atomic E-state index is 5.68. The van der Waals surface area contributed by atoms with Crippen LogP contribution in [0.25, 0.3) is 0 Å². The number of piperidine rings is 1. The molecule has 2 aliphatic rings. The van der Waals surface area contributed by atoms with Crippen molar-refractivity contribution < 1.29 is 0 Å². The quantitative estimate of drug-likeness (QED) is 0.620. The number of thiocarbonyl (C=S) groups is 1. The first kappa shape index (κ1) is 8.45. The molecule has 2 rings (SSSR count). The fourth-order valence-corrected chi connectivity index (χ4v) is 2.84. The molecule has 0 radical (unpaired) electrons. The predicted octanol–water partition coefficient (Wildman–Crippen LogP) is 1.15. The van der Waals surface area contributed by atoms with Crippen LogP contribution in [0.4, 0.5) is 0 Å². The SMILES string of the molecule is CN1C2CCC1CC(C(N)=S)C2. The molecule has 2 unspecified atom stereocenters. The Kier molecular flexibility index (Phi) is 2.09. The molecule has 0 aromatic carbocycles. The monoisotopic (exact) mass is 184 g/mol. The lowest BCUT2D eigenvalue weighted by molar-refractivity contribution is 0.159. The minimum absolute atomic E-state index is 0.522. The van der Waals surface area contributed by atoms with Crippen molar-refractivity contribution >= 4 is 17.2 Å². The highest BCUT2D eigenvalue weighted by Gasteiger charge is 2.38. The van der Waals surface area contributed by atoms with Gasteiger partial charge in [-0.05, 0) is 32.7 Å². The molecule has 12 heavy (non-hydrogen) atoms. The number of nitrogens with zero attached hydrogens (tertiary/aromatic N) is 1. The van der Waals surface area contributed by atoms with Gasteiger partial charge in [-0.2, -0.15) is 0 Å². The molecule has 2 nitrogen and oxygen atoms in total. The van der Waals surface area contributed by atoms with E-state index in [1.165, 1.54) is 25.7 Å². The van der Waals surface area contributed by atoms with Crippen molar-refractivity contribution in [3.05, 3.63) is 0 Å². The zero-order chi connectivity index (χ0) is 8.72. The minimum Gasteiger partial charge on any atom is -0.393 e. The van der Waals surface area contributed by atoms with E-state index in [2.05, 4.69) is 11.9 Å². The lowest BCUT2D eigenvalue weighted by Gasteiger charge is -2.35. The first-order valence-electron chi connectivity index (χ1n) is 4.69. The third kappa shape index (κ3) is 1.25. The van der Waals surface area contributed by atoms with Crippen LogP contribution in [0.2, 0.25) is 0 Å². The molecule has 0 saturated carbocycles. The Bertz CT molecular complexity index is 191. The van der Waals surface area contributed by atoms with Crippen molar-refractivity contribution in [2.45, 2.75) is 37.8 Å². The van der Waals surface area contributed by atoms with Gasteiger partial charge in [-0.15, -0.1) is 0 Å². The van der Waals surface area contributed by atoms with Crippen LogP contribution >= 0.6 is 12.2 Å². The summed E-state index contributed by atoms with van der Waals surface area (Å²) in [5, 5.41) is 0. The van der Waals surface area contributed by atoms with Gasteiger partial charge in [0.1, 0.15) is 0 Å². The second kappa shape index (κ2) is 2.96. The molecule has 2 N–H and O–H groups in total. The van der Waals surface area contributed by atoms with Crippen LogP contribution in [0.1, 0.15) is 25.7 Å². The molecule has 0 aliphatic carbocycles. The van der Waals surface area contributed by atoms with E-state index in [1.807, 2.05) is 0 Å². The van der Waals surface area contributed by atoms with Gasteiger partial charge in [0.25, 0.3) is 0 Å². The summed E-state index contributed by atoms with van der Waals surface area (Å²) in [6.07, 6.45) is 5.09. The normalized spacial score (nSPS) is 41.6. The zero-order valence-electron chi connectivity index (χ0n) is 7.49. The van der Waals surface area contributed by atoms with Crippen LogP contribution in [0.3, 0.4) is 0 Å². The van der Waals surface area contributed by atoms with Crippen molar-refractivity contribution in [1.82, 2.24) is 4.90 Å². The Morgan fingerprint density at radius 1 is 1.33 bits per heavy atom. The molecule has 2 fully saturated rings. The molecule has 2 heterocycles. The Labute approximate surface area is 79.1 Å². The second-order valence-electron chi connectivity index (χ2n) is 4.12. The molecule has 2 atom stereocenters. The van der Waals surface area contributed by atoms with E-state index < -0.39 is 0 Å². The highest BCUT2D eigenvalue weighted by Crippen LogP contribution is 2.37. The van der Waals surface area contributed by atoms with E-state index in [1.54, 1.807) is 0 Å². The molecule has 68 valence electrons. The highest BCUT2D eigenvalue weighted by atomic mass is 32.1. The summed E-state index contributed by atoms with van der Waals surface area (Å²) in [6, 6.07) is 1.52. The van der Waals surface area contributed by atoms with Gasteiger partial charge in [0, 0.05) is 18.0 Å². The average molecular weight is 184 g/mol. The van der Waals surface area contributed by atoms with E-state index in [9.17, 15) is 0 Å². The summed E-state index contributed by atoms with van der Waals surface area (Å²) in [5.74, 6) is 0.522. The summed E-state index contributed by atoms with van der Waals surface area (Å²) >= 11 is 5.05. The summed E-state index contributed by atoms with van der Waals surface area (Å²) in [6.45, 7) is 0. The second-order valence-corrected chi connectivity index (χ2v) is 4.59. The molecule has 2 saturated heterocycles. The van der Waals surface area contributed by atoms with Crippen LogP contribution in [-0.4, -0.2) is 29.0 Å². The maximum atomic E-state index is 5.68. The first-order valence-corrected chi connectivity index (χ1v) is 5.10. The Hall–Kier alpha value is -0.150. The largest absolute Gasteiger partial charge is 0.393 e. The molecule has 3 heteroatoms. The standard InChI is InChI=1S/C9H16N2S/c1-11-7-2-3-8(11)5-6(4-7)9(10)12/h6-8H,2-5H2,1H3,(H2,10,12). The number of hydrogen-bond donors (Lipinski definition) is 1. The Balaban J connectivity index is 2.07. The fourth-order valence-electron chi connectivity index (χ4n) is 2.64. The van der Waals surface area contributed by atoms with Gasteiger partial charge in [-0.3, -0.25) is 0 Å². The van der Waals surface area contributed by atoms with Crippen molar-refractivity contribution in [2.75, 3.05) is 7.05 Å². The van der Waals surface area contributed by atoms with Crippen molar-refractivity contribution in [3.8, 4) is 0 Å². The van der Waals surface area contributed by atoms with E-state index in [0.717, 1.165) is 17.1 Å². The smallest absolute Gasteiger partial charge is 0.0759 e. The van der Waals surface area contributed by atoms with Crippen molar-refractivity contribution in [3.63, 3.8) is 0 Å². The van der Waals surface area contributed by atoms with E-state index in [-0.39, 0.29) is 0 Å². The molecular weight excluding hydrogens is 168 g/mol. The molecule has 0 amide bonds. The number of nitrogens with two attached hydrogens (primary N) is 1. The van der Waals surface area contributed by atoms with Gasteiger partial charge in [-0.25, -0.2) is 0 Å². The Morgan fingerprint density at radius 2 is 1.83 bits per heavy atom. The van der Waals surface area contributed by atoms with Gasteiger partial charge < -0.3 is 10.6 Å². The summed E-state index contributed by atoms with van der Waals surface area (Å²) < 4.78 is 0. The van der Waals surface area contributed by atoms with Crippen LogP contribution in [0, 0.1) is 5.92 Å². The lowest BCUT2D eigenvalue weighted by Crippen LogP contribution is -2.43. The molecule has 0 spiro atoms. The zero-order valence-corrected chi connectivity index (χ0v) is 8.31. The van der Waals surface area contributed by atoms with Gasteiger partial charge in [0.05, 0.1) is 4.99 Å². The number of rotatable bonds is 1. The fraction of sp³-hybridized carbons (Fsp3) is 0.889. The van der Waals surface area contributed by atoms with E-state index >= 15 is 0 Å². The average Bonchev–Trinajstić information content (AvgIpc) is 2.30. The minimum atomic E-state index is 0.522. The predicted molar refractivity (Wildman–Crippen MR) is 54.1 cm³/mol. The topological polar surface area (TPSA) is 29.3 Å². The van der Waals surface area contributed by atoms with Crippen LogP contribution in [0.15, 0.2) is 0 Å². The summed E-state index contributed by atoms with van der Waals surface area (Å²) in [4.78, 5) is 3.24. The van der Waals surface area contributed by atoms with Crippen LogP contribution in [0.5, 0.6) is 0 Å². The summed E-state index contributed by atoms with van der Waals surface area (Å²) in [5.41, 5.74) is 5.68. The van der Waals surface area contributed by atoms with Crippen LogP contribution in [-0.2, 0) is 0 Å². The molecule has 2 bridgehead atoms. The molecule has 0 aromatic rings. The number of fused-ring (bicyclic) bond motifs is 2. The van der Waals surface area contributed by atoms with Crippen molar-refractivity contribution in [1.29, 1.82) is 0 Å². The lowest BCUT2D eigenvalue weighted by atomic mass is 9.91. The van der Waals surface area contributed by atoms with Gasteiger partial charge in [-0.1, -0.05) is 12.2 Å². The highest BCUT2D eigenvalue weighted by molar-refractivity contribution is 7.80. The van der Waals surface area contributed by atoms with Gasteiger partial charge >= 0.3 is 0 Å². The van der Waals surface area contributed by atoms with Gasteiger partial charge in [0.15, 0.2) is 0 Å². The summed E-state index contributed by atoms with van der Waals surface area (Å²) in [7, 11) is 2.23. The molecule has 0 aromatic heterocycles. The number of hydrogen-bond acceptors (Lipinski definition) is 2. The third-order valence-electron chi connectivity index (χ3n) is 3.50. The van der Waals surface area contributed by atoms with Crippen LogP contribution < -0.4 is 5.73 Å². The molecule has 2 aliphatic heterocycles. The van der Waals surface area contributed by atoms with Gasteiger partial charge in [0.2, 0.25) is 0 Å². The third-order valence-corrected chi connectivity index (χ3v) is 3.83. The maximum Gasteiger partial charge on any atom is 0.0759 e. The molecular formula is C9H16N2S.